The Morgan fingerprint density at radius 3 is 2.59 bits per heavy atom. The molecule has 2 heterocycles. The first-order chi connectivity index (χ1) is 16.4. The Hall–Kier alpha value is -2.40. The van der Waals surface area contributed by atoms with Crippen LogP contribution in [0.5, 0.6) is 5.75 Å². The van der Waals surface area contributed by atoms with E-state index in [1.165, 1.54) is 24.3 Å². The van der Waals surface area contributed by atoms with Crippen molar-refractivity contribution in [2.75, 3.05) is 57.0 Å². The summed E-state index contributed by atoms with van der Waals surface area (Å²) >= 11 is 7.47. The Labute approximate surface area is 208 Å². The Balaban J connectivity index is 1.19. The molecule has 1 N–H and O–H groups in total. The summed E-state index contributed by atoms with van der Waals surface area (Å²) in [6.07, 6.45) is -0.0696. The molecule has 0 aliphatic carbocycles. The zero-order valence-corrected chi connectivity index (χ0v) is 21.3. The van der Waals surface area contributed by atoms with Crippen molar-refractivity contribution in [1.82, 2.24) is 15.2 Å². The minimum atomic E-state index is -3.51. The van der Waals surface area contributed by atoms with Crippen LogP contribution in [0, 0.1) is 0 Å². The van der Waals surface area contributed by atoms with Crippen molar-refractivity contribution in [3.8, 4) is 5.75 Å². The lowest BCUT2D eigenvalue weighted by Crippen LogP contribution is -2.48. The van der Waals surface area contributed by atoms with Crippen molar-refractivity contribution in [1.29, 1.82) is 0 Å². The second kappa shape index (κ2) is 10.9. The van der Waals surface area contributed by atoms with E-state index in [9.17, 15) is 13.2 Å². The molecule has 2 aromatic carbocycles. The van der Waals surface area contributed by atoms with Crippen LogP contribution in [0.1, 0.15) is 6.42 Å². The number of fused-ring (bicyclic) bond motifs is 1. The maximum atomic E-state index is 12.4. The summed E-state index contributed by atoms with van der Waals surface area (Å²) in [5, 5.41) is 4.30. The van der Waals surface area contributed by atoms with Gasteiger partial charge in [-0.15, -0.1) is 0 Å². The SMILES string of the molecule is COc1cccc2sc(N3CCN(CCNC(=O)CCS(=O)(=O)c4ccc(Cl)cc4)CC3)nc12. The predicted molar refractivity (Wildman–Crippen MR) is 136 cm³/mol. The molecule has 34 heavy (non-hydrogen) atoms. The second-order valence-electron chi connectivity index (χ2n) is 8.00. The number of sulfone groups is 1. The maximum absolute atomic E-state index is 12.4. The molecule has 0 bridgehead atoms. The first-order valence-electron chi connectivity index (χ1n) is 11.0. The molecule has 0 spiro atoms. The summed E-state index contributed by atoms with van der Waals surface area (Å²) in [6.45, 7) is 4.65. The van der Waals surface area contributed by atoms with Gasteiger partial charge in [0.25, 0.3) is 0 Å². The topological polar surface area (TPSA) is 91.8 Å². The molecule has 1 amide bonds. The van der Waals surface area contributed by atoms with Crippen LogP contribution >= 0.6 is 22.9 Å². The molecular weight excluding hydrogens is 496 g/mol. The molecule has 182 valence electrons. The van der Waals surface area contributed by atoms with Crippen LogP contribution in [-0.4, -0.2) is 76.3 Å². The Morgan fingerprint density at radius 1 is 1.15 bits per heavy atom. The zero-order valence-electron chi connectivity index (χ0n) is 18.9. The fourth-order valence-electron chi connectivity index (χ4n) is 3.80. The van der Waals surface area contributed by atoms with Gasteiger partial charge in [-0.1, -0.05) is 29.0 Å². The third-order valence-electron chi connectivity index (χ3n) is 5.75. The van der Waals surface area contributed by atoms with Crippen LogP contribution in [-0.2, 0) is 14.6 Å². The van der Waals surface area contributed by atoms with E-state index in [1.807, 2.05) is 12.1 Å². The number of ether oxygens (including phenoxy) is 1. The summed E-state index contributed by atoms with van der Waals surface area (Å²) in [4.78, 5) is 21.7. The first kappa shape index (κ1) is 24.7. The van der Waals surface area contributed by atoms with Crippen LogP contribution in [0.3, 0.4) is 0 Å². The van der Waals surface area contributed by atoms with Crippen LogP contribution in [0.25, 0.3) is 10.2 Å². The number of benzene rings is 2. The maximum Gasteiger partial charge on any atom is 0.221 e. The normalized spacial score (nSPS) is 14.9. The van der Waals surface area contributed by atoms with Gasteiger partial charge in [-0.05, 0) is 36.4 Å². The van der Waals surface area contributed by atoms with E-state index in [0.29, 0.717) is 11.6 Å². The number of piperazine rings is 1. The summed E-state index contributed by atoms with van der Waals surface area (Å²) in [7, 11) is -1.86. The van der Waals surface area contributed by atoms with E-state index in [2.05, 4.69) is 21.2 Å². The van der Waals surface area contributed by atoms with E-state index in [0.717, 1.165) is 53.8 Å². The van der Waals surface area contributed by atoms with Gasteiger partial charge < -0.3 is 15.0 Å². The molecule has 4 rings (SSSR count). The third kappa shape index (κ3) is 5.99. The highest BCUT2D eigenvalue weighted by Gasteiger charge is 2.21. The van der Waals surface area contributed by atoms with Gasteiger partial charge in [-0.2, -0.15) is 0 Å². The van der Waals surface area contributed by atoms with Gasteiger partial charge in [0.1, 0.15) is 11.3 Å². The van der Waals surface area contributed by atoms with E-state index in [4.69, 9.17) is 21.3 Å². The Bertz CT molecular complexity index is 1240. The molecule has 3 aromatic rings. The molecule has 1 saturated heterocycles. The molecule has 1 aliphatic rings. The smallest absolute Gasteiger partial charge is 0.221 e. The van der Waals surface area contributed by atoms with Crippen molar-refractivity contribution >= 4 is 54.0 Å². The second-order valence-corrected chi connectivity index (χ2v) is 11.6. The average molecular weight is 523 g/mol. The van der Waals surface area contributed by atoms with Crippen molar-refractivity contribution in [2.45, 2.75) is 11.3 Å². The molecule has 11 heteroatoms. The summed E-state index contributed by atoms with van der Waals surface area (Å²) in [5.74, 6) is 0.293. The number of thiazole rings is 1. The van der Waals surface area contributed by atoms with E-state index in [1.54, 1.807) is 18.4 Å². The molecule has 1 aliphatic heterocycles. The number of para-hydroxylation sites is 1. The fraction of sp³-hybridized carbons (Fsp3) is 0.391. The highest BCUT2D eigenvalue weighted by Crippen LogP contribution is 2.34. The lowest BCUT2D eigenvalue weighted by Gasteiger charge is -2.34. The number of carbonyl (C=O) groups excluding carboxylic acids is 1. The van der Waals surface area contributed by atoms with Crippen LogP contribution in [0.4, 0.5) is 5.13 Å². The number of nitrogens with zero attached hydrogens (tertiary/aromatic N) is 3. The number of amides is 1. The van der Waals surface area contributed by atoms with Crippen LogP contribution in [0.15, 0.2) is 47.4 Å². The monoisotopic (exact) mass is 522 g/mol. The number of rotatable bonds is 9. The van der Waals surface area contributed by atoms with Crippen molar-refractivity contribution in [3.63, 3.8) is 0 Å². The van der Waals surface area contributed by atoms with Crippen molar-refractivity contribution < 1.29 is 17.9 Å². The van der Waals surface area contributed by atoms with E-state index in [-0.39, 0.29) is 23.0 Å². The molecule has 1 fully saturated rings. The average Bonchev–Trinajstić information content (AvgIpc) is 3.28. The van der Waals surface area contributed by atoms with Crippen molar-refractivity contribution in [2.24, 2.45) is 0 Å². The lowest BCUT2D eigenvalue weighted by molar-refractivity contribution is -0.120. The summed E-state index contributed by atoms with van der Waals surface area (Å²) in [6, 6.07) is 11.9. The Morgan fingerprint density at radius 2 is 1.88 bits per heavy atom. The van der Waals surface area contributed by atoms with E-state index < -0.39 is 9.84 Å². The number of halogens is 1. The number of carbonyl (C=O) groups is 1. The molecular formula is C23H27ClN4O4S2. The summed E-state index contributed by atoms with van der Waals surface area (Å²) in [5.41, 5.74) is 0.896. The molecule has 0 saturated carbocycles. The van der Waals surface area contributed by atoms with Gasteiger partial charge in [0.15, 0.2) is 15.0 Å². The quantitative estimate of drug-likeness (QED) is 0.461. The number of anilines is 1. The molecule has 0 atom stereocenters. The number of nitrogens with one attached hydrogen (secondary N) is 1. The molecule has 1 aromatic heterocycles. The highest BCUT2D eigenvalue weighted by molar-refractivity contribution is 7.91. The third-order valence-corrected chi connectivity index (χ3v) is 8.82. The van der Waals surface area contributed by atoms with Gasteiger partial charge in [-0.3, -0.25) is 9.69 Å². The zero-order chi connectivity index (χ0) is 24.1. The van der Waals surface area contributed by atoms with E-state index >= 15 is 0 Å². The highest BCUT2D eigenvalue weighted by atomic mass is 35.5. The Kier molecular flexibility index (Phi) is 7.92. The minimum absolute atomic E-state index is 0.0696. The lowest BCUT2D eigenvalue weighted by atomic mass is 10.3. The largest absolute Gasteiger partial charge is 0.494 e. The number of hydrogen-bond donors (Lipinski definition) is 1. The molecule has 8 nitrogen and oxygen atoms in total. The van der Waals surface area contributed by atoms with Crippen LogP contribution in [0.2, 0.25) is 5.02 Å². The standard InChI is InChI=1S/C23H27ClN4O4S2/c1-32-19-3-2-4-20-22(19)26-23(33-20)28-14-12-27(13-15-28)11-10-25-21(29)9-16-34(30,31)18-7-5-17(24)6-8-18/h2-8H,9-16H2,1H3,(H,25,29). The molecule has 0 radical (unpaired) electrons. The number of methoxy groups -OCH3 is 1. The van der Waals surface area contributed by atoms with Gasteiger partial charge in [0, 0.05) is 50.7 Å². The number of hydrogen-bond acceptors (Lipinski definition) is 8. The predicted octanol–water partition coefficient (Wildman–Crippen LogP) is 3.06. The van der Waals surface area contributed by atoms with Crippen molar-refractivity contribution in [3.05, 3.63) is 47.5 Å². The van der Waals surface area contributed by atoms with Crippen LogP contribution < -0.4 is 15.0 Å². The van der Waals surface area contributed by atoms with Gasteiger partial charge in [-0.25, -0.2) is 13.4 Å². The van der Waals surface area contributed by atoms with Gasteiger partial charge >= 0.3 is 0 Å². The van der Waals surface area contributed by atoms with Gasteiger partial charge in [0.05, 0.1) is 22.5 Å². The minimum Gasteiger partial charge on any atom is -0.494 e. The fourth-order valence-corrected chi connectivity index (χ4v) is 6.20. The summed E-state index contributed by atoms with van der Waals surface area (Å²) < 4.78 is 31.3. The molecule has 0 unspecified atom stereocenters. The van der Waals surface area contributed by atoms with Gasteiger partial charge in [0.2, 0.25) is 5.91 Å². The first-order valence-corrected chi connectivity index (χ1v) is 13.9. The number of aromatic nitrogens is 1.